The molecule has 2 aliphatic rings. The molecule has 0 aromatic heterocycles. The molecule has 17 heavy (non-hydrogen) atoms. The van der Waals surface area contributed by atoms with Crippen LogP contribution in [0.25, 0.3) is 0 Å². The monoisotopic (exact) mass is 237 g/mol. The highest BCUT2D eigenvalue weighted by molar-refractivity contribution is 5.83. The Bertz CT molecular complexity index is 342. The fourth-order valence-corrected chi connectivity index (χ4v) is 1.98. The predicted octanol–water partition coefficient (Wildman–Crippen LogP) is 3.28. The van der Waals surface area contributed by atoms with Crippen LogP contribution >= 0.6 is 0 Å². The van der Waals surface area contributed by atoms with Crippen molar-refractivity contribution in [3.63, 3.8) is 0 Å². The van der Waals surface area contributed by atoms with Crippen LogP contribution in [0.3, 0.4) is 0 Å². The molecular weight excluding hydrogens is 214 g/mol. The molecule has 0 spiro atoms. The Morgan fingerprint density at radius 3 is 2.76 bits per heavy atom. The van der Waals surface area contributed by atoms with Crippen molar-refractivity contribution in [2.24, 2.45) is 0 Å². The van der Waals surface area contributed by atoms with E-state index in [-0.39, 0.29) is 12.0 Å². The van der Waals surface area contributed by atoms with Gasteiger partial charge >= 0.3 is 0 Å². The molecule has 0 fully saturated rings. The van der Waals surface area contributed by atoms with Gasteiger partial charge in [-0.15, -0.1) is 0 Å². The number of allylic oxidation sites excluding steroid dienone is 3. The first-order chi connectivity index (χ1) is 8.20. The van der Waals surface area contributed by atoms with E-state index >= 15 is 0 Å². The molecule has 2 rings (SSSR count). The highest BCUT2D eigenvalue weighted by Gasteiger charge is 2.25. The Kier molecular flexibility index (Phi) is 5.26. The number of amides is 1. The lowest BCUT2D eigenvalue weighted by molar-refractivity contribution is -0.130. The van der Waals surface area contributed by atoms with Gasteiger partial charge in [-0.05, 0) is 32.3 Å². The van der Waals surface area contributed by atoms with Crippen LogP contribution in [0, 0.1) is 0 Å². The van der Waals surface area contributed by atoms with Gasteiger partial charge in [0.25, 0.3) is 5.91 Å². The summed E-state index contributed by atoms with van der Waals surface area (Å²) in [6.45, 7) is 7.93. The fourth-order valence-electron chi connectivity index (χ4n) is 1.98. The Balaban J connectivity index is 0.000000686. The minimum Gasteiger partial charge on any atom is -0.483 e. The third-order valence-corrected chi connectivity index (χ3v) is 2.95. The number of carbonyl (C=O) groups excluding carboxylic acids is 1. The summed E-state index contributed by atoms with van der Waals surface area (Å²) < 4.78 is 5.60. The van der Waals surface area contributed by atoms with Gasteiger partial charge in [-0.1, -0.05) is 26.3 Å². The van der Waals surface area contributed by atoms with Crippen LogP contribution in [0.15, 0.2) is 23.1 Å². The highest BCUT2D eigenvalue weighted by Crippen LogP contribution is 2.27. The topological polar surface area (TPSA) is 38.3 Å². The summed E-state index contributed by atoms with van der Waals surface area (Å²) in [4.78, 5) is 11.5. The summed E-state index contributed by atoms with van der Waals surface area (Å²) >= 11 is 0. The standard InChI is InChI=1S/C12H17NO2.C2H6/c1-3-9-5-4-6-11-10(7-9)13-12(14)8(2)15-11;1-2/h7-8H,3-6H2,1-2H3,(H,13,14);1-2H3. The second-order valence-electron chi connectivity index (χ2n) is 4.10. The van der Waals surface area contributed by atoms with E-state index in [4.69, 9.17) is 4.74 Å². The van der Waals surface area contributed by atoms with Gasteiger partial charge in [-0.3, -0.25) is 4.79 Å². The number of carbonyl (C=O) groups is 1. The summed E-state index contributed by atoms with van der Waals surface area (Å²) in [5.74, 6) is 0.910. The molecule has 1 unspecified atom stereocenters. The van der Waals surface area contributed by atoms with Crippen molar-refractivity contribution in [2.75, 3.05) is 0 Å². The van der Waals surface area contributed by atoms with Gasteiger partial charge in [-0.2, -0.15) is 0 Å². The SMILES string of the molecule is CC.CCC1=CC2=C(CCC1)OC(C)C(=O)N2. The van der Waals surface area contributed by atoms with E-state index in [1.807, 2.05) is 13.8 Å². The molecule has 0 saturated carbocycles. The number of hydrogen-bond acceptors (Lipinski definition) is 2. The summed E-state index contributed by atoms with van der Waals surface area (Å²) in [6, 6.07) is 0. The van der Waals surface area contributed by atoms with E-state index in [9.17, 15) is 4.79 Å². The van der Waals surface area contributed by atoms with Crippen molar-refractivity contribution >= 4 is 5.91 Å². The van der Waals surface area contributed by atoms with Crippen molar-refractivity contribution in [3.05, 3.63) is 23.1 Å². The maximum Gasteiger partial charge on any atom is 0.265 e. The average Bonchev–Trinajstić information content (AvgIpc) is 2.54. The second-order valence-corrected chi connectivity index (χ2v) is 4.10. The molecule has 1 aliphatic carbocycles. The molecule has 0 aromatic rings. The molecular formula is C14H23NO2. The molecule has 1 N–H and O–H groups in total. The van der Waals surface area contributed by atoms with Crippen molar-refractivity contribution in [3.8, 4) is 0 Å². The zero-order chi connectivity index (χ0) is 12.8. The molecule has 0 aromatic carbocycles. The van der Waals surface area contributed by atoms with E-state index in [2.05, 4.69) is 18.3 Å². The maximum absolute atomic E-state index is 11.5. The molecule has 0 radical (unpaired) electrons. The van der Waals surface area contributed by atoms with Crippen molar-refractivity contribution in [1.29, 1.82) is 0 Å². The molecule has 3 heteroatoms. The van der Waals surface area contributed by atoms with Gasteiger partial charge < -0.3 is 10.1 Å². The molecule has 1 atom stereocenters. The summed E-state index contributed by atoms with van der Waals surface area (Å²) in [5, 5.41) is 2.91. The predicted molar refractivity (Wildman–Crippen MR) is 69.3 cm³/mol. The first-order valence-corrected chi connectivity index (χ1v) is 6.61. The van der Waals surface area contributed by atoms with Crippen molar-refractivity contribution < 1.29 is 9.53 Å². The van der Waals surface area contributed by atoms with Gasteiger partial charge in [-0.25, -0.2) is 0 Å². The van der Waals surface area contributed by atoms with Crippen LogP contribution in [0.1, 0.15) is 53.4 Å². The normalized spacial score (nSPS) is 23.4. The Morgan fingerprint density at radius 2 is 2.12 bits per heavy atom. The third-order valence-electron chi connectivity index (χ3n) is 2.95. The first-order valence-electron chi connectivity index (χ1n) is 6.61. The summed E-state index contributed by atoms with van der Waals surface area (Å²) in [7, 11) is 0. The number of ether oxygens (including phenoxy) is 1. The highest BCUT2D eigenvalue weighted by atomic mass is 16.5. The van der Waals surface area contributed by atoms with Crippen LogP contribution < -0.4 is 5.32 Å². The van der Waals surface area contributed by atoms with Crippen LogP contribution in [0.5, 0.6) is 0 Å². The molecule has 1 amide bonds. The van der Waals surface area contributed by atoms with Gasteiger partial charge in [0.2, 0.25) is 0 Å². The van der Waals surface area contributed by atoms with Gasteiger partial charge in [0.1, 0.15) is 5.76 Å². The summed E-state index contributed by atoms with van der Waals surface area (Å²) in [6.07, 6.45) is 5.92. The van der Waals surface area contributed by atoms with E-state index in [1.54, 1.807) is 6.92 Å². The third kappa shape index (κ3) is 3.35. The zero-order valence-corrected chi connectivity index (χ0v) is 11.3. The zero-order valence-electron chi connectivity index (χ0n) is 11.3. The molecule has 96 valence electrons. The lowest BCUT2D eigenvalue weighted by Gasteiger charge is -2.24. The van der Waals surface area contributed by atoms with Crippen LogP contribution in [-0.2, 0) is 9.53 Å². The first kappa shape index (κ1) is 13.8. The van der Waals surface area contributed by atoms with Gasteiger partial charge in [0, 0.05) is 6.42 Å². The summed E-state index contributed by atoms with van der Waals surface area (Å²) in [5.41, 5.74) is 2.27. The van der Waals surface area contributed by atoms with Gasteiger partial charge in [0.15, 0.2) is 6.10 Å². The lowest BCUT2D eigenvalue weighted by Crippen LogP contribution is -2.38. The molecule has 0 saturated heterocycles. The van der Waals surface area contributed by atoms with Crippen LogP contribution in [0.2, 0.25) is 0 Å². The number of nitrogens with one attached hydrogen (secondary N) is 1. The quantitative estimate of drug-likeness (QED) is 0.760. The smallest absolute Gasteiger partial charge is 0.265 e. The number of rotatable bonds is 1. The maximum atomic E-state index is 11.5. The number of hydrogen-bond donors (Lipinski definition) is 1. The van der Waals surface area contributed by atoms with Crippen molar-refractivity contribution in [2.45, 2.75) is 59.5 Å². The van der Waals surface area contributed by atoms with Gasteiger partial charge in [0.05, 0.1) is 5.70 Å². The minimum absolute atomic E-state index is 0.0395. The van der Waals surface area contributed by atoms with E-state index in [1.165, 1.54) is 5.57 Å². The molecule has 0 bridgehead atoms. The van der Waals surface area contributed by atoms with E-state index in [0.717, 1.165) is 37.1 Å². The molecule has 1 heterocycles. The van der Waals surface area contributed by atoms with Crippen LogP contribution in [0.4, 0.5) is 0 Å². The van der Waals surface area contributed by atoms with Crippen molar-refractivity contribution in [1.82, 2.24) is 5.32 Å². The lowest BCUT2D eigenvalue weighted by atomic mass is 10.1. The van der Waals surface area contributed by atoms with E-state index < -0.39 is 0 Å². The Hall–Kier alpha value is -1.25. The Morgan fingerprint density at radius 1 is 1.41 bits per heavy atom. The minimum atomic E-state index is -0.347. The Labute approximate surface area is 104 Å². The fraction of sp³-hybridized carbons (Fsp3) is 0.643. The second kappa shape index (κ2) is 6.48. The van der Waals surface area contributed by atoms with E-state index in [0.29, 0.717) is 0 Å². The average molecular weight is 237 g/mol. The molecule has 1 aliphatic heterocycles. The van der Waals surface area contributed by atoms with Crippen LogP contribution in [-0.4, -0.2) is 12.0 Å². The molecule has 3 nitrogen and oxygen atoms in total. The largest absolute Gasteiger partial charge is 0.483 e.